The molecule has 118 valence electrons. The second kappa shape index (κ2) is 6.79. The number of anilines is 2. The fourth-order valence-corrected chi connectivity index (χ4v) is 2.12. The van der Waals surface area contributed by atoms with Gasteiger partial charge in [-0.1, -0.05) is 12.1 Å². The van der Waals surface area contributed by atoms with Crippen molar-refractivity contribution in [3.63, 3.8) is 0 Å². The molecule has 0 atom stereocenters. The summed E-state index contributed by atoms with van der Waals surface area (Å²) in [5.41, 5.74) is 2.53. The predicted octanol–water partition coefficient (Wildman–Crippen LogP) is 2.91. The van der Waals surface area contributed by atoms with Crippen LogP contribution in [0.1, 0.15) is 29.4 Å². The van der Waals surface area contributed by atoms with E-state index in [2.05, 4.69) is 10.6 Å². The third kappa shape index (κ3) is 3.98. The van der Waals surface area contributed by atoms with Crippen LogP contribution in [0.2, 0.25) is 0 Å². The predicted molar refractivity (Wildman–Crippen MR) is 86.0 cm³/mol. The number of aryl methyl sites for hydroxylation is 1. The summed E-state index contributed by atoms with van der Waals surface area (Å²) in [4.78, 5) is 23.0. The third-order valence-corrected chi connectivity index (χ3v) is 3.39. The highest BCUT2D eigenvalue weighted by Crippen LogP contribution is 2.25. The van der Waals surface area contributed by atoms with E-state index in [1.807, 2.05) is 6.07 Å². The summed E-state index contributed by atoms with van der Waals surface area (Å²) in [6.07, 6.45) is 0.143. The maximum Gasteiger partial charge on any atom is 0.231 e. The van der Waals surface area contributed by atoms with Crippen LogP contribution in [0.5, 0.6) is 0 Å². The van der Waals surface area contributed by atoms with Gasteiger partial charge in [-0.3, -0.25) is 14.9 Å². The molecule has 0 fully saturated rings. The topological polar surface area (TPSA) is 95.1 Å². The molecule has 23 heavy (non-hydrogen) atoms. The molecule has 0 saturated carbocycles. The van der Waals surface area contributed by atoms with Crippen molar-refractivity contribution < 1.29 is 14.0 Å². The van der Waals surface area contributed by atoms with Gasteiger partial charge in [0.05, 0.1) is 6.42 Å². The molecule has 0 aliphatic carbocycles. The number of nitriles is 1. The molecule has 0 aliphatic rings. The van der Waals surface area contributed by atoms with Crippen molar-refractivity contribution in [2.45, 2.75) is 27.2 Å². The first kappa shape index (κ1) is 16.3. The molecule has 0 saturated heterocycles. The fraction of sp³-hybridized carbons (Fsp3) is 0.235. The first-order valence-electron chi connectivity index (χ1n) is 7.07. The van der Waals surface area contributed by atoms with Gasteiger partial charge < -0.3 is 9.73 Å². The summed E-state index contributed by atoms with van der Waals surface area (Å²) >= 11 is 0. The Bertz CT molecular complexity index is 783. The molecular formula is C17H17N3O3. The van der Waals surface area contributed by atoms with E-state index >= 15 is 0 Å². The molecule has 2 amide bonds. The van der Waals surface area contributed by atoms with E-state index in [1.54, 1.807) is 38.1 Å². The molecule has 0 spiro atoms. The van der Waals surface area contributed by atoms with Gasteiger partial charge in [-0.2, -0.15) is 5.26 Å². The molecule has 1 aromatic heterocycles. The van der Waals surface area contributed by atoms with Crippen LogP contribution in [0.4, 0.5) is 11.6 Å². The van der Waals surface area contributed by atoms with Gasteiger partial charge in [0.2, 0.25) is 17.7 Å². The number of furan rings is 1. The van der Waals surface area contributed by atoms with Crippen LogP contribution in [0.15, 0.2) is 28.7 Å². The van der Waals surface area contributed by atoms with Crippen molar-refractivity contribution in [2.75, 3.05) is 10.6 Å². The molecule has 0 unspecified atom stereocenters. The molecule has 1 heterocycles. The minimum atomic E-state index is -0.275. The summed E-state index contributed by atoms with van der Waals surface area (Å²) < 4.78 is 5.41. The molecule has 2 N–H and O–H groups in total. The van der Waals surface area contributed by atoms with Crippen molar-refractivity contribution >= 4 is 23.4 Å². The smallest absolute Gasteiger partial charge is 0.231 e. The Morgan fingerprint density at radius 3 is 2.39 bits per heavy atom. The van der Waals surface area contributed by atoms with Crippen molar-refractivity contribution in [2.24, 2.45) is 0 Å². The molecule has 2 rings (SSSR count). The number of benzene rings is 1. The monoisotopic (exact) mass is 311 g/mol. The van der Waals surface area contributed by atoms with Gasteiger partial charge in [-0.25, -0.2) is 0 Å². The standard InChI is InChI=1S/C17H17N3O3/c1-10-11(2)23-17(15(10)9-18)20-16(22)8-13-4-6-14(7-5-13)19-12(3)21/h4-7H,8H2,1-3H3,(H,19,21)(H,20,22). The summed E-state index contributed by atoms with van der Waals surface area (Å²) in [6, 6.07) is 9.00. The Labute approximate surface area is 134 Å². The zero-order valence-corrected chi connectivity index (χ0v) is 13.2. The van der Waals surface area contributed by atoms with Crippen LogP contribution < -0.4 is 10.6 Å². The average Bonchev–Trinajstić information content (AvgIpc) is 2.74. The first-order valence-corrected chi connectivity index (χ1v) is 7.07. The molecule has 2 aromatic rings. The van der Waals surface area contributed by atoms with Gasteiger partial charge >= 0.3 is 0 Å². The minimum absolute atomic E-state index is 0.143. The average molecular weight is 311 g/mol. The summed E-state index contributed by atoms with van der Waals surface area (Å²) in [5, 5.41) is 14.4. The second-order valence-corrected chi connectivity index (χ2v) is 5.20. The number of carbonyl (C=O) groups is 2. The van der Waals surface area contributed by atoms with E-state index in [4.69, 9.17) is 9.68 Å². The Hall–Kier alpha value is -3.07. The van der Waals surface area contributed by atoms with Crippen LogP contribution >= 0.6 is 0 Å². The zero-order valence-electron chi connectivity index (χ0n) is 13.2. The maximum atomic E-state index is 12.1. The highest BCUT2D eigenvalue weighted by atomic mass is 16.4. The van der Waals surface area contributed by atoms with Crippen LogP contribution in [-0.4, -0.2) is 11.8 Å². The highest BCUT2D eigenvalue weighted by Gasteiger charge is 2.16. The van der Waals surface area contributed by atoms with Gasteiger partial charge in [0.1, 0.15) is 17.4 Å². The molecule has 0 bridgehead atoms. The summed E-state index contributed by atoms with van der Waals surface area (Å²) in [6.45, 7) is 4.95. The van der Waals surface area contributed by atoms with Crippen LogP contribution in [-0.2, 0) is 16.0 Å². The zero-order chi connectivity index (χ0) is 17.0. The summed E-state index contributed by atoms with van der Waals surface area (Å²) in [5.74, 6) is 0.365. The second-order valence-electron chi connectivity index (χ2n) is 5.20. The third-order valence-electron chi connectivity index (χ3n) is 3.39. The number of hydrogen-bond donors (Lipinski definition) is 2. The Balaban J connectivity index is 2.04. The number of nitrogens with one attached hydrogen (secondary N) is 2. The number of nitrogens with zero attached hydrogens (tertiary/aromatic N) is 1. The van der Waals surface area contributed by atoms with E-state index in [9.17, 15) is 9.59 Å². The molecule has 6 nitrogen and oxygen atoms in total. The lowest BCUT2D eigenvalue weighted by Gasteiger charge is -2.05. The molecule has 0 aliphatic heterocycles. The lowest BCUT2D eigenvalue weighted by atomic mass is 10.1. The first-order chi connectivity index (χ1) is 10.9. The molecule has 0 radical (unpaired) electrons. The highest BCUT2D eigenvalue weighted by molar-refractivity contribution is 5.92. The van der Waals surface area contributed by atoms with Gasteiger partial charge in [0, 0.05) is 18.2 Å². The Kier molecular flexibility index (Phi) is 4.82. The largest absolute Gasteiger partial charge is 0.444 e. The SMILES string of the molecule is CC(=O)Nc1ccc(CC(=O)Nc2oc(C)c(C)c2C#N)cc1. The van der Waals surface area contributed by atoms with E-state index in [0.717, 1.165) is 11.1 Å². The van der Waals surface area contributed by atoms with E-state index in [0.29, 0.717) is 17.0 Å². The lowest BCUT2D eigenvalue weighted by Crippen LogP contribution is -2.14. The van der Waals surface area contributed by atoms with E-state index < -0.39 is 0 Å². The van der Waals surface area contributed by atoms with Crippen molar-refractivity contribution in [1.82, 2.24) is 0 Å². The number of carbonyl (C=O) groups excluding carboxylic acids is 2. The molecular weight excluding hydrogens is 294 g/mol. The quantitative estimate of drug-likeness (QED) is 0.907. The van der Waals surface area contributed by atoms with Gasteiger partial charge in [-0.05, 0) is 31.5 Å². The lowest BCUT2D eigenvalue weighted by molar-refractivity contribution is -0.116. The number of hydrogen-bond acceptors (Lipinski definition) is 4. The van der Waals surface area contributed by atoms with Crippen LogP contribution in [0.25, 0.3) is 0 Å². The van der Waals surface area contributed by atoms with Crippen molar-refractivity contribution in [3.05, 3.63) is 46.7 Å². The number of amides is 2. The Morgan fingerprint density at radius 1 is 1.17 bits per heavy atom. The maximum absolute atomic E-state index is 12.1. The normalized spacial score (nSPS) is 10.0. The van der Waals surface area contributed by atoms with Crippen molar-refractivity contribution in [3.8, 4) is 6.07 Å². The van der Waals surface area contributed by atoms with Crippen molar-refractivity contribution in [1.29, 1.82) is 5.26 Å². The summed E-state index contributed by atoms with van der Waals surface area (Å²) in [7, 11) is 0. The Morgan fingerprint density at radius 2 is 1.83 bits per heavy atom. The minimum Gasteiger partial charge on any atom is -0.444 e. The van der Waals surface area contributed by atoms with Gasteiger partial charge in [0.15, 0.2) is 0 Å². The molecule has 6 heteroatoms. The van der Waals surface area contributed by atoms with Crippen LogP contribution in [0, 0.1) is 25.2 Å². The van der Waals surface area contributed by atoms with Gasteiger partial charge in [0.25, 0.3) is 0 Å². The number of rotatable bonds is 4. The fourth-order valence-electron chi connectivity index (χ4n) is 2.12. The van der Waals surface area contributed by atoms with E-state index in [1.165, 1.54) is 6.92 Å². The molecule has 1 aromatic carbocycles. The van der Waals surface area contributed by atoms with E-state index in [-0.39, 0.29) is 24.1 Å². The van der Waals surface area contributed by atoms with Gasteiger partial charge in [-0.15, -0.1) is 0 Å². The van der Waals surface area contributed by atoms with Crippen LogP contribution in [0.3, 0.4) is 0 Å².